The molecule has 1 unspecified atom stereocenters. The molecule has 10 heteroatoms. The number of rotatable bonds is 3. The second-order valence-electron chi connectivity index (χ2n) is 3.27. The monoisotopic (exact) mass is 374 g/mol. The van der Waals surface area contributed by atoms with Crippen LogP contribution in [-0.2, 0) is 0 Å². The highest BCUT2D eigenvalue weighted by Crippen LogP contribution is 2.40. The molecule has 0 saturated heterocycles. The lowest BCUT2D eigenvalue weighted by Gasteiger charge is -2.23. The second-order valence-corrected chi connectivity index (χ2v) is 4.59. The Bertz CT molecular complexity index is 453. The molecule has 0 aliphatic rings. The van der Waals surface area contributed by atoms with Crippen LogP contribution in [0, 0.1) is 5.82 Å². The zero-order chi connectivity index (χ0) is 15.0. The Morgan fingerprint density at radius 3 is 2.11 bits per heavy atom. The molecule has 0 spiro atoms. The first kappa shape index (κ1) is 16.4. The van der Waals surface area contributed by atoms with Gasteiger partial charge in [-0.3, -0.25) is 0 Å². The second kappa shape index (κ2) is 5.35. The molecule has 0 heterocycles. The Balaban J connectivity index is 3.09. The van der Waals surface area contributed by atoms with Crippen molar-refractivity contribution < 1.29 is 35.5 Å². The highest BCUT2D eigenvalue weighted by molar-refractivity contribution is 9.10. The van der Waals surface area contributed by atoms with Gasteiger partial charge in [0.2, 0.25) is 0 Å². The maximum Gasteiger partial charge on any atom is 0.439 e. The van der Waals surface area contributed by atoms with Crippen LogP contribution in [0.15, 0.2) is 16.6 Å². The van der Waals surface area contributed by atoms with Crippen molar-refractivity contribution in [3.8, 4) is 5.75 Å². The van der Waals surface area contributed by atoms with Crippen molar-refractivity contribution in [3.63, 3.8) is 0 Å². The van der Waals surface area contributed by atoms with E-state index in [4.69, 9.17) is 11.6 Å². The Morgan fingerprint density at radius 2 is 1.68 bits per heavy atom. The van der Waals surface area contributed by atoms with Crippen LogP contribution in [0.1, 0.15) is 0 Å². The minimum absolute atomic E-state index is 0.0401. The summed E-state index contributed by atoms with van der Waals surface area (Å²) in [4.78, 5) is 0. The van der Waals surface area contributed by atoms with Gasteiger partial charge in [-0.1, -0.05) is 27.5 Å². The zero-order valence-electron chi connectivity index (χ0n) is 8.54. The van der Waals surface area contributed by atoms with Crippen molar-refractivity contribution in [2.45, 2.75) is 18.5 Å². The van der Waals surface area contributed by atoms with E-state index in [1.54, 1.807) is 0 Å². The summed E-state index contributed by atoms with van der Waals surface area (Å²) in [6, 6.07) is 1.52. The van der Waals surface area contributed by atoms with Gasteiger partial charge in [-0.05, 0) is 12.1 Å². The molecule has 0 saturated carbocycles. The number of alkyl halides is 6. The molecule has 1 aromatic carbocycles. The van der Waals surface area contributed by atoms with E-state index >= 15 is 0 Å². The van der Waals surface area contributed by atoms with E-state index in [9.17, 15) is 30.7 Å². The van der Waals surface area contributed by atoms with E-state index in [-0.39, 0.29) is 4.47 Å². The quantitative estimate of drug-likeness (QED) is 0.667. The van der Waals surface area contributed by atoms with Crippen LogP contribution in [0.3, 0.4) is 0 Å². The van der Waals surface area contributed by atoms with Gasteiger partial charge in [-0.25, -0.2) is 8.78 Å². The van der Waals surface area contributed by atoms with Crippen LogP contribution in [0.4, 0.5) is 30.7 Å². The number of ether oxygens (including phenoxy) is 1. The van der Waals surface area contributed by atoms with Gasteiger partial charge >= 0.3 is 12.3 Å². The predicted octanol–water partition coefficient (Wildman–Crippen LogP) is 5.11. The average Bonchev–Trinajstić information content (AvgIpc) is 2.21. The van der Waals surface area contributed by atoms with Gasteiger partial charge in [0.05, 0.1) is 5.02 Å². The maximum atomic E-state index is 13.2. The maximum absolute atomic E-state index is 13.2. The van der Waals surface area contributed by atoms with E-state index in [1.165, 1.54) is 0 Å². The summed E-state index contributed by atoms with van der Waals surface area (Å²) in [5.74, 6) is -2.84. The summed E-state index contributed by atoms with van der Waals surface area (Å²) < 4.78 is 90.6. The molecule has 0 radical (unpaired) electrons. The summed E-state index contributed by atoms with van der Waals surface area (Å²) in [6.45, 7) is 0. The first-order valence-corrected chi connectivity index (χ1v) is 5.54. The SMILES string of the molecule is Fc1cc(Br)cc(Cl)c1OC(F)(F)C(F)C(F)(F)F. The van der Waals surface area contributed by atoms with E-state index < -0.39 is 35.0 Å². The van der Waals surface area contributed by atoms with Crippen LogP contribution >= 0.6 is 27.5 Å². The van der Waals surface area contributed by atoms with Crippen molar-refractivity contribution in [1.29, 1.82) is 0 Å². The van der Waals surface area contributed by atoms with Crippen LogP contribution < -0.4 is 4.74 Å². The first-order valence-electron chi connectivity index (χ1n) is 4.37. The van der Waals surface area contributed by atoms with E-state index in [0.717, 1.165) is 6.07 Å². The summed E-state index contributed by atoms with van der Waals surface area (Å²) in [5.41, 5.74) is 0. The van der Waals surface area contributed by atoms with Crippen LogP contribution in [-0.4, -0.2) is 18.5 Å². The third-order valence-corrected chi connectivity index (χ3v) is 2.52. The van der Waals surface area contributed by atoms with Crippen LogP contribution in [0.5, 0.6) is 5.75 Å². The lowest BCUT2D eigenvalue weighted by Crippen LogP contribution is -2.45. The molecule has 1 aromatic rings. The molecule has 1 nitrogen and oxygen atoms in total. The number of hydrogen-bond acceptors (Lipinski definition) is 1. The largest absolute Gasteiger partial charge is 0.439 e. The lowest BCUT2D eigenvalue weighted by atomic mass is 10.3. The van der Waals surface area contributed by atoms with E-state index in [2.05, 4.69) is 20.7 Å². The molecule has 0 fully saturated rings. The van der Waals surface area contributed by atoms with Gasteiger partial charge in [-0.15, -0.1) is 0 Å². The number of halogens is 9. The third kappa shape index (κ3) is 3.88. The highest BCUT2D eigenvalue weighted by atomic mass is 79.9. The Hall–Kier alpha value is -0.700. The molecule has 0 aromatic heterocycles. The normalized spacial score (nSPS) is 14.4. The standard InChI is InChI=1S/C9H3BrClF7O/c10-3-1-4(11)6(5(12)2-3)19-9(17,18)7(13)8(14,15)16/h1-2,7H. The van der Waals surface area contributed by atoms with Crippen molar-refractivity contribution in [1.82, 2.24) is 0 Å². The number of benzene rings is 1. The number of hydrogen-bond donors (Lipinski definition) is 0. The van der Waals surface area contributed by atoms with Gasteiger partial charge in [0.15, 0.2) is 11.6 Å². The zero-order valence-corrected chi connectivity index (χ0v) is 10.9. The topological polar surface area (TPSA) is 9.23 Å². The molecule has 0 N–H and O–H groups in total. The Labute approximate surface area is 115 Å². The first-order chi connectivity index (χ1) is 8.45. The Morgan fingerprint density at radius 1 is 1.16 bits per heavy atom. The lowest BCUT2D eigenvalue weighted by molar-refractivity contribution is -0.305. The van der Waals surface area contributed by atoms with Crippen LogP contribution in [0.2, 0.25) is 5.02 Å². The molecule has 19 heavy (non-hydrogen) atoms. The van der Waals surface area contributed by atoms with Gasteiger partial charge in [0, 0.05) is 4.47 Å². The minimum atomic E-state index is -5.86. The van der Waals surface area contributed by atoms with E-state index in [1.807, 2.05) is 0 Å². The molecule has 1 rings (SSSR count). The summed E-state index contributed by atoms with van der Waals surface area (Å²) in [5, 5.41) is -0.735. The van der Waals surface area contributed by atoms with Crippen molar-refractivity contribution in [3.05, 3.63) is 27.4 Å². The molecule has 0 amide bonds. The van der Waals surface area contributed by atoms with E-state index in [0.29, 0.717) is 6.07 Å². The van der Waals surface area contributed by atoms with Crippen molar-refractivity contribution in [2.24, 2.45) is 0 Å². The summed E-state index contributed by atoms with van der Waals surface area (Å²) >= 11 is 8.09. The average molecular weight is 375 g/mol. The minimum Gasteiger partial charge on any atom is -0.425 e. The fourth-order valence-corrected chi connectivity index (χ4v) is 1.81. The smallest absolute Gasteiger partial charge is 0.425 e. The predicted molar refractivity (Wildman–Crippen MR) is 55.6 cm³/mol. The molecule has 1 atom stereocenters. The fourth-order valence-electron chi connectivity index (χ4n) is 1.00. The molecular weight excluding hydrogens is 372 g/mol. The van der Waals surface area contributed by atoms with Gasteiger partial charge in [-0.2, -0.15) is 22.0 Å². The molecule has 0 aliphatic carbocycles. The Kier molecular flexibility index (Phi) is 4.61. The van der Waals surface area contributed by atoms with Gasteiger partial charge in [0.1, 0.15) is 0 Å². The van der Waals surface area contributed by atoms with Gasteiger partial charge in [0.25, 0.3) is 6.17 Å². The third-order valence-electron chi connectivity index (χ3n) is 1.78. The van der Waals surface area contributed by atoms with Crippen LogP contribution in [0.25, 0.3) is 0 Å². The molecule has 108 valence electrons. The van der Waals surface area contributed by atoms with Gasteiger partial charge < -0.3 is 4.74 Å². The van der Waals surface area contributed by atoms with Crippen molar-refractivity contribution in [2.75, 3.05) is 0 Å². The molecule has 0 bridgehead atoms. The fraction of sp³-hybridized carbons (Fsp3) is 0.333. The summed E-state index contributed by atoms with van der Waals surface area (Å²) in [7, 11) is 0. The molecular formula is C9H3BrClF7O. The summed E-state index contributed by atoms with van der Waals surface area (Å²) in [6.07, 6.45) is -15.8. The molecule has 0 aliphatic heterocycles. The highest BCUT2D eigenvalue weighted by Gasteiger charge is 2.59. The van der Waals surface area contributed by atoms with Crippen molar-refractivity contribution >= 4 is 27.5 Å².